The van der Waals surface area contributed by atoms with Crippen LogP contribution in [0, 0.1) is 0 Å². The quantitative estimate of drug-likeness (QED) is 0.925. The monoisotopic (exact) mass is 269 g/mol. The molecule has 0 aromatic carbocycles. The van der Waals surface area contributed by atoms with Gasteiger partial charge in [0.25, 0.3) is 0 Å². The fourth-order valence-corrected chi connectivity index (χ4v) is 2.48. The molecule has 0 saturated carbocycles. The maximum absolute atomic E-state index is 6.30. The molecule has 4 nitrogen and oxygen atoms in total. The summed E-state index contributed by atoms with van der Waals surface area (Å²) < 4.78 is 6.30. The zero-order valence-electron chi connectivity index (χ0n) is 11.4. The van der Waals surface area contributed by atoms with E-state index in [1.807, 2.05) is 36.4 Å². The van der Waals surface area contributed by atoms with Crippen LogP contribution >= 0.6 is 0 Å². The van der Waals surface area contributed by atoms with E-state index >= 15 is 0 Å². The van der Waals surface area contributed by atoms with Gasteiger partial charge in [-0.2, -0.15) is 0 Å². The van der Waals surface area contributed by atoms with Gasteiger partial charge in [0.15, 0.2) is 0 Å². The molecule has 1 N–H and O–H groups in total. The first-order valence-corrected chi connectivity index (χ1v) is 7.11. The van der Waals surface area contributed by atoms with E-state index in [1.54, 1.807) is 12.4 Å². The smallest absolute Gasteiger partial charge is 0.142 e. The molecule has 3 rings (SSSR count). The van der Waals surface area contributed by atoms with Crippen LogP contribution in [0.3, 0.4) is 0 Å². The maximum Gasteiger partial charge on any atom is 0.142 e. The van der Waals surface area contributed by atoms with Gasteiger partial charge >= 0.3 is 0 Å². The maximum atomic E-state index is 6.30. The Morgan fingerprint density at radius 3 is 2.05 bits per heavy atom. The zero-order chi connectivity index (χ0) is 13.6. The highest BCUT2D eigenvalue weighted by atomic mass is 16.5. The van der Waals surface area contributed by atoms with E-state index in [9.17, 15) is 0 Å². The summed E-state index contributed by atoms with van der Waals surface area (Å²) in [4.78, 5) is 8.88. The fourth-order valence-electron chi connectivity index (χ4n) is 2.48. The van der Waals surface area contributed by atoms with Gasteiger partial charge in [-0.05, 0) is 50.2 Å². The number of hydrogen-bond acceptors (Lipinski definition) is 4. The molecule has 1 aliphatic heterocycles. The summed E-state index contributed by atoms with van der Waals surface area (Å²) >= 11 is 0. The predicted molar refractivity (Wildman–Crippen MR) is 77.3 cm³/mol. The summed E-state index contributed by atoms with van der Waals surface area (Å²) in [6, 6.07) is 11.8. The third-order valence-electron chi connectivity index (χ3n) is 3.53. The Balaban J connectivity index is 1.83. The Bertz CT molecular complexity index is 472. The van der Waals surface area contributed by atoms with Crippen molar-refractivity contribution in [3.8, 4) is 0 Å². The summed E-state index contributed by atoms with van der Waals surface area (Å²) in [5.74, 6) is 0. The molecular weight excluding hydrogens is 250 g/mol. The number of pyridine rings is 2. The average molecular weight is 269 g/mol. The molecule has 0 aliphatic carbocycles. The first-order valence-electron chi connectivity index (χ1n) is 7.11. The minimum atomic E-state index is -0.180. The van der Waals surface area contributed by atoms with E-state index in [1.165, 1.54) is 0 Å². The van der Waals surface area contributed by atoms with Crippen molar-refractivity contribution in [1.82, 2.24) is 15.3 Å². The third kappa shape index (κ3) is 3.21. The Hall–Kier alpha value is -1.78. The molecule has 3 heterocycles. The van der Waals surface area contributed by atoms with E-state index < -0.39 is 0 Å². The lowest BCUT2D eigenvalue weighted by Gasteiger charge is -2.27. The summed E-state index contributed by atoms with van der Waals surface area (Å²) in [5, 5.41) is 3.36. The molecule has 1 saturated heterocycles. The van der Waals surface area contributed by atoms with Gasteiger partial charge < -0.3 is 10.1 Å². The number of nitrogens with one attached hydrogen (secondary N) is 1. The molecule has 1 aliphatic rings. The standard InChI is InChI=1S/C16H19N3O/c1-3-9-18-14(5-1)16(15-6-2-4-10-19-15)20-13-7-11-17-12-8-13/h1-6,9-10,13,16-17H,7-8,11-12H2. The predicted octanol–water partition coefficient (Wildman–Crippen LogP) is 2.33. The van der Waals surface area contributed by atoms with Gasteiger partial charge in [-0.3, -0.25) is 9.97 Å². The first kappa shape index (κ1) is 13.2. The van der Waals surface area contributed by atoms with Crippen LogP contribution < -0.4 is 5.32 Å². The van der Waals surface area contributed by atoms with Crippen LogP contribution in [0.5, 0.6) is 0 Å². The van der Waals surface area contributed by atoms with Crippen molar-refractivity contribution in [3.63, 3.8) is 0 Å². The SMILES string of the molecule is c1ccc(C(OC2CCNCC2)c2ccccn2)nc1. The van der Waals surface area contributed by atoms with Crippen LogP contribution in [0.15, 0.2) is 48.8 Å². The van der Waals surface area contributed by atoms with Crippen LogP contribution in [-0.2, 0) is 4.74 Å². The molecule has 4 heteroatoms. The molecule has 0 atom stereocenters. The lowest BCUT2D eigenvalue weighted by Crippen LogP contribution is -2.33. The second-order valence-corrected chi connectivity index (χ2v) is 4.97. The molecule has 2 aromatic heterocycles. The van der Waals surface area contributed by atoms with Gasteiger partial charge in [0.1, 0.15) is 6.10 Å². The molecule has 0 radical (unpaired) electrons. The van der Waals surface area contributed by atoms with Crippen molar-refractivity contribution in [2.45, 2.75) is 25.0 Å². The van der Waals surface area contributed by atoms with Gasteiger partial charge in [-0.1, -0.05) is 12.1 Å². The van der Waals surface area contributed by atoms with E-state index in [4.69, 9.17) is 4.74 Å². The van der Waals surface area contributed by atoms with E-state index in [0.717, 1.165) is 37.3 Å². The van der Waals surface area contributed by atoms with E-state index in [-0.39, 0.29) is 12.2 Å². The highest BCUT2D eigenvalue weighted by molar-refractivity contribution is 5.19. The number of nitrogens with zero attached hydrogens (tertiary/aromatic N) is 2. The number of hydrogen-bond donors (Lipinski definition) is 1. The average Bonchev–Trinajstić information content (AvgIpc) is 2.55. The lowest BCUT2D eigenvalue weighted by molar-refractivity contribution is -0.0118. The van der Waals surface area contributed by atoms with Crippen LogP contribution in [-0.4, -0.2) is 29.2 Å². The van der Waals surface area contributed by atoms with Crippen molar-refractivity contribution in [3.05, 3.63) is 60.2 Å². The van der Waals surface area contributed by atoms with Crippen LogP contribution in [0.1, 0.15) is 30.3 Å². The van der Waals surface area contributed by atoms with Gasteiger partial charge in [-0.25, -0.2) is 0 Å². The van der Waals surface area contributed by atoms with Crippen molar-refractivity contribution in [2.24, 2.45) is 0 Å². The highest BCUT2D eigenvalue weighted by Gasteiger charge is 2.23. The van der Waals surface area contributed by atoms with Crippen molar-refractivity contribution in [2.75, 3.05) is 13.1 Å². The molecule has 2 aromatic rings. The molecule has 0 unspecified atom stereocenters. The number of rotatable bonds is 4. The van der Waals surface area contributed by atoms with E-state index in [0.29, 0.717) is 0 Å². The summed E-state index contributed by atoms with van der Waals surface area (Å²) in [6.07, 6.45) is 5.77. The second-order valence-electron chi connectivity index (χ2n) is 4.97. The Labute approximate surface area is 119 Å². The third-order valence-corrected chi connectivity index (χ3v) is 3.53. The molecule has 20 heavy (non-hydrogen) atoms. The zero-order valence-corrected chi connectivity index (χ0v) is 11.4. The van der Waals surface area contributed by atoms with Gasteiger partial charge in [0.2, 0.25) is 0 Å². The molecule has 0 amide bonds. The van der Waals surface area contributed by atoms with E-state index in [2.05, 4.69) is 15.3 Å². The van der Waals surface area contributed by atoms with Crippen LogP contribution in [0.25, 0.3) is 0 Å². The van der Waals surface area contributed by atoms with Crippen molar-refractivity contribution >= 4 is 0 Å². The van der Waals surface area contributed by atoms with Crippen LogP contribution in [0.2, 0.25) is 0 Å². The highest BCUT2D eigenvalue weighted by Crippen LogP contribution is 2.26. The molecule has 0 bridgehead atoms. The topological polar surface area (TPSA) is 47.0 Å². The largest absolute Gasteiger partial charge is 0.362 e. The molecule has 104 valence electrons. The normalized spacial score (nSPS) is 16.4. The van der Waals surface area contributed by atoms with Gasteiger partial charge in [-0.15, -0.1) is 0 Å². The Morgan fingerprint density at radius 2 is 1.55 bits per heavy atom. The Morgan fingerprint density at radius 1 is 0.950 bits per heavy atom. The number of aromatic nitrogens is 2. The lowest BCUT2D eigenvalue weighted by atomic mass is 10.1. The Kier molecular flexibility index (Phi) is 4.35. The minimum absolute atomic E-state index is 0.180. The minimum Gasteiger partial charge on any atom is -0.362 e. The van der Waals surface area contributed by atoms with Crippen molar-refractivity contribution < 1.29 is 4.74 Å². The molecular formula is C16H19N3O. The first-order chi connectivity index (χ1) is 9.93. The summed E-state index contributed by atoms with van der Waals surface area (Å²) in [5.41, 5.74) is 1.84. The molecule has 1 fully saturated rings. The molecule has 0 spiro atoms. The number of ether oxygens (including phenoxy) is 1. The van der Waals surface area contributed by atoms with Crippen molar-refractivity contribution in [1.29, 1.82) is 0 Å². The van der Waals surface area contributed by atoms with Gasteiger partial charge in [0.05, 0.1) is 17.5 Å². The fraction of sp³-hybridized carbons (Fsp3) is 0.375. The van der Waals surface area contributed by atoms with Crippen LogP contribution in [0.4, 0.5) is 0 Å². The number of piperidine rings is 1. The summed E-state index contributed by atoms with van der Waals surface area (Å²) in [6.45, 7) is 2.03. The summed E-state index contributed by atoms with van der Waals surface area (Å²) in [7, 11) is 0. The second kappa shape index (κ2) is 6.59. The van der Waals surface area contributed by atoms with Gasteiger partial charge in [0, 0.05) is 12.4 Å².